The molecule has 0 bridgehead atoms. The Morgan fingerprint density at radius 1 is 1.16 bits per heavy atom. The number of carbonyl (C=O) groups is 2. The van der Waals surface area contributed by atoms with Gasteiger partial charge in [-0.05, 0) is 16.8 Å². The van der Waals surface area contributed by atoms with Crippen LogP contribution in [0.2, 0.25) is 0 Å². The number of urea groups is 1. The minimum Gasteiger partial charge on any atom is -0.350 e. The Balaban J connectivity index is 2.09. The number of nitrogens with one attached hydrogen (secondary N) is 1. The number of nitrogens with zero attached hydrogens (tertiary/aromatic N) is 1. The molecular formula is C14H13N3O2. The zero-order valence-electron chi connectivity index (χ0n) is 10.2. The third-order valence-corrected chi connectivity index (χ3v) is 2.61. The smallest absolute Gasteiger partial charge is 0.332 e. The van der Waals surface area contributed by atoms with E-state index in [2.05, 4.69) is 5.10 Å². The lowest BCUT2D eigenvalue weighted by Gasteiger charge is -2.01. The third-order valence-electron chi connectivity index (χ3n) is 2.61. The van der Waals surface area contributed by atoms with Crippen molar-refractivity contribution in [2.24, 2.45) is 10.8 Å². The molecule has 0 aliphatic heterocycles. The van der Waals surface area contributed by atoms with Crippen molar-refractivity contribution in [1.82, 2.24) is 5.43 Å². The van der Waals surface area contributed by atoms with Crippen molar-refractivity contribution in [3.63, 3.8) is 0 Å². The molecule has 96 valence electrons. The molecule has 3 N–H and O–H groups in total. The van der Waals surface area contributed by atoms with E-state index in [1.54, 1.807) is 6.07 Å². The number of fused-ring (bicyclic) bond motifs is 1. The molecule has 5 nitrogen and oxygen atoms in total. The maximum absolute atomic E-state index is 11.9. The van der Waals surface area contributed by atoms with Gasteiger partial charge in [0.15, 0.2) is 5.78 Å². The topological polar surface area (TPSA) is 84.6 Å². The fraction of sp³-hybridized carbons (Fsp3) is 0.0714. The van der Waals surface area contributed by atoms with Crippen LogP contribution in [0.3, 0.4) is 0 Å². The maximum Gasteiger partial charge on any atom is 0.332 e. The number of ketones is 1. The first-order valence-electron chi connectivity index (χ1n) is 5.76. The van der Waals surface area contributed by atoms with Gasteiger partial charge in [-0.15, -0.1) is 0 Å². The van der Waals surface area contributed by atoms with E-state index in [9.17, 15) is 9.59 Å². The second-order valence-electron chi connectivity index (χ2n) is 3.98. The maximum atomic E-state index is 11.9. The Labute approximate surface area is 110 Å². The fourth-order valence-corrected chi connectivity index (χ4v) is 1.72. The molecule has 5 heteroatoms. The van der Waals surface area contributed by atoms with Crippen LogP contribution in [-0.2, 0) is 0 Å². The van der Waals surface area contributed by atoms with Gasteiger partial charge in [0.1, 0.15) is 0 Å². The van der Waals surface area contributed by atoms with Crippen LogP contribution in [0.1, 0.15) is 16.8 Å². The molecule has 0 aliphatic carbocycles. The number of primary amides is 1. The van der Waals surface area contributed by atoms with Crippen molar-refractivity contribution >= 4 is 28.8 Å². The monoisotopic (exact) mass is 255 g/mol. The number of hydrogen-bond donors (Lipinski definition) is 2. The second kappa shape index (κ2) is 5.77. The van der Waals surface area contributed by atoms with Crippen molar-refractivity contribution in [2.75, 3.05) is 0 Å². The third kappa shape index (κ3) is 3.38. The summed E-state index contributed by atoms with van der Waals surface area (Å²) in [7, 11) is 0. The number of benzene rings is 2. The molecule has 0 heterocycles. The highest BCUT2D eigenvalue weighted by atomic mass is 16.2. The predicted molar refractivity (Wildman–Crippen MR) is 74.1 cm³/mol. The van der Waals surface area contributed by atoms with Gasteiger partial charge in [-0.25, -0.2) is 10.2 Å². The van der Waals surface area contributed by atoms with Crippen molar-refractivity contribution in [1.29, 1.82) is 0 Å². The predicted octanol–water partition coefficient (Wildman–Crippen LogP) is 2.07. The van der Waals surface area contributed by atoms with Crippen LogP contribution < -0.4 is 11.2 Å². The molecule has 0 saturated carbocycles. The highest BCUT2D eigenvalue weighted by Crippen LogP contribution is 2.16. The van der Waals surface area contributed by atoms with E-state index in [4.69, 9.17) is 5.73 Å². The molecule has 0 unspecified atom stereocenters. The number of Topliss-reactive ketones (excluding diaryl/α,β-unsaturated/α-hetero) is 1. The van der Waals surface area contributed by atoms with Gasteiger partial charge < -0.3 is 5.73 Å². The number of rotatable bonds is 4. The quantitative estimate of drug-likeness (QED) is 0.498. The molecule has 2 aromatic carbocycles. The molecule has 0 spiro atoms. The van der Waals surface area contributed by atoms with Crippen molar-refractivity contribution in [3.8, 4) is 0 Å². The Bertz CT molecular complexity index is 650. The van der Waals surface area contributed by atoms with Gasteiger partial charge in [0, 0.05) is 18.2 Å². The van der Waals surface area contributed by atoms with E-state index in [1.807, 2.05) is 41.8 Å². The van der Waals surface area contributed by atoms with E-state index >= 15 is 0 Å². The molecule has 2 rings (SSSR count). The summed E-state index contributed by atoms with van der Waals surface area (Å²) in [4.78, 5) is 22.3. The summed E-state index contributed by atoms with van der Waals surface area (Å²) in [6.45, 7) is 0. The zero-order chi connectivity index (χ0) is 13.7. The van der Waals surface area contributed by atoms with Gasteiger partial charge in [0.2, 0.25) is 0 Å². The van der Waals surface area contributed by atoms with Gasteiger partial charge in [0.05, 0.1) is 0 Å². The Hall–Kier alpha value is -2.69. The van der Waals surface area contributed by atoms with Crippen LogP contribution >= 0.6 is 0 Å². The standard InChI is InChI=1S/C14H13N3O2/c15-14(19)17-16-8-7-13(18)12-6-5-10-3-1-2-4-11(10)9-12/h1-6,8-9H,7H2,(H3,15,17,19). The average molecular weight is 255 g/mol. The first-order valence-corrected chi connectivity index (χ1v) is 5.76. The number of amides is 2. The van der Waals surface area contributed by atoms with Crippen molar-refractivity contribution in [2.45, 2.75) is 6.42 Å². The number of hydrogen-bond acceptors (Lipinski definition) is 3. The van der Waals surface area contributed by atoms with E-state index in [0.29, 0.717) is 5.56 Å². The second-order valence-corrected chi connectivity index (χ2v) is 3.98. The van der Waals surface area contributed by atoms with E-state index in [1.165, 1.54) is 6.21 Å². The first-order chi connectivity index (χ1) is 9.16. The molecule has 0 aromatic heterocycles. The summed E-state index contributed by atoms with van der Waals surface area (Å²) in [5, 5.41) is 5.63. The molecule has 0 atom stereocenters. The highest BCUT2D eigenvalue weighted by Gasteiger charge is 2.04. The average Bonchev–Trinajstić information content (AvgIpc) is 2.42. The minimum absolute atomic E-state index is 0.0687. The normalized spacial score (nSPS) is 10.7. The number of hydrazone groups is 1. The van der Waals surface area contributed by atoms with E-state index in [0.717, 1.165) is 10.8 Å². The lowest BCUT2D eigenvalue weighted by molar-refractivity contribution is 0.100. The molecule has 2 aromatic rings. The first kappa shape index (κ1) is 12.8. The van der Waals surface area contributed by atoms with Crippen LogP contribution in [0.5, 0.6) is 0 Å². The van der Waals surface area contributed by atoms with Gasteiger partial charge in [0.25, 0.3) is 0 Å². The van der Waals surface area contributed by atoms with Crippen LogP contribution in [0.4, 0.5) is 4.79 Å². The summed E-state index contributed by atoms with van der Waals surface area (Å²) >= 11 is 0. The van der Waals surface area contributed by atoms with E-state index < -0.39 is 6.03 Å². The number of carbonyl (C=O) groups excluding carboxylic acids is 2. The van der Waals surface area contributed by atoms with Crippen LogP contribution in [0.15, 0.2) is 47.6 Å². The minimum atomic E-state index is -0.755. The lowest BCUT2D eigenvalue weighted by atomic mass is 10.0. The highest BCUT2D eigenvalue weighted by molar-refractivity contribution is 6.05. The van der Waals surface area contributed by atoms with Crippen LogP contribution in [0, 0.1) is 0 Å². The molecule has 0 aliphatic rings. The Morgan fingerprint density at radius 3 is 2.63 bits per heavy atom. The zero-order valence-corrected chi connectivity index (χ0v) is 10.2. The van der Waals surface area contributed by atoms with E-state index in [-0.39, 0.29) is 12.2 Å². The van der Waals surface area contributed by atoms with Crippen molar-refractivity contribution in [3.05, 3.63) is 48.0 Å². The molecule has 19 heavy (non-hydrogen) atoms. The summed E-state index contributed by atoms with van der Waals surface area (Å²) in [5.41, 5.74) is 7.49. The van der Waals surface area contributed by atoms with Crippen LogP contribution in [0.25, 0.3) is 10.8 Å². The van der Waals surface area contributed by atoms with Gasteiger partial charge >= 0.3 is 6.03 Å². The summed E-state index contributed by atoms with van der Waals surface area (Å²) in [6.07, 6.45) is 1.43. The van der Waals surface area contributed by atoms with Gasteiger partial charge in [-0.2, -0.15) is 5.10 Å². The molecular weight excluding hydrogens is 242 g/mol. The fourth-order valence-electron chi connectivity index (χ4n) is 1.72. The Morgan fingerprint density at radius 2 is 1.89 bits per heavy atom. The SMILES string of the molecule is NC(=O)NN=CCC(=O)c1ccc2ccccc2c1. The molecule has 2 amide bonds. The Kier molecular flexibility index (Phi) is 3.87. The summed E-state index contributed by atoms with van der Waals surface area (Å²) in [6, 6.07) is 12.6. The number of nitrogens with two attached hydrogens (primary N) is 1. The van der Waals surface area contributed by atoms with Gasteiger partial charge in [-0.3, -0.25) is 4.79 Å². The lowest BCUT2D eigenvalue weighted by Crippen LogP contribution is -2.24. The molecule has 0 saturated heterocycles. The largest absolute Gasteiger partial charge is 0.350 e. The summed E-state index contributed by atoms with van der Waals surface area (Å²) < 4.78 is 0. The summed E-state index contributed by atoms with van der Waals surface area (Å²) in [5.74, 6) is -0.0687. The van der Waals surface area contributed by atoms with Gasteiger partial charge in [-0.1, -0.05) is 36.4 Å². The van der Waals surface area contributed by atoms with Crippen molar-refractivity contribution < 1.29 is 9.59 Å². The molecule has 0 radical (unpaired) electrons. The van der Waals surface area contributed by atoms with Crippen LogP contribution in [-0.4, -0.2) is 18.0 Å². The molecule has 0 fully saturated rings.